The molecule has 2 heteroatoms. The zero-order valence-corrected chi connectivity index (χ0v) is 13.0. The van der Waals surface area contributed by atoms with Crippen LogP contribution in [0, 0.1) is 6.92 Å². The molecule has 18 heavy (non-hydrogen) atoms. The van der Waals surface area contributed by atoms with Crippen molar-refractivity contribution in [3.8, 4) is 0 Å². The van der Waals surface area contributed by atoms with E-state index in [4.69, 9.17) is 5.11 Å². The predicted octanol–water partition coefficient (Wildman–Crippen LogP) is 3.73. The quantitative estimate of drug-likeness (QED) is 0.887. The largest absolute Gasteiger partial charge is 0.394 e. The molecule has 1 rings (SSSR count). The van der Waals surface area contributed by atoms with Crippen LogP contribution in [0.4, 0.5) is 0 Å². The maximum atomic E-state index is 8.06. The molecule has 0 bridgehead atoms. The average Bonchev–Trinajstić information content (AvgIpc) is 2.32. The summed E-state index contributed by atoms with van der Waals surface area (Å²) in [6.07, 6.45) is -0.167. The van der Waals surface area contributed by atoms with Crippen molar-refractivity contribution in [1.29, 1.82) is 0 Å². The highest BCUT2D eigenvalue weighted by atomic mass is 16.3. The molecule has 0 saturated heterocycles. The smallest absolute Gasteiger partial charge is 0.0483 e. The van der Waals surface area contributed by atoms with Gasteiger partial charge in [0.25, 0.3) is 0 Å². The maximum Gasteiger partial charge on any atom is 0.0483 e. The van der Waals surface area contributed by atoms with E-state index in [1.165, 1.54) is 25.2 Å². The molecule has 0 saturated carbocycles. The molecule has 1 N–H and O–H groups in total. The average molecular weight is 253 g/mol. The minimum Gasteiger partial charge on any atom is -0.394 e. The molecule has 0 aliphatic heterocycles. The number of hydrogen-bond donors (Lipinski definition) is 1. The number of rotatable bonds is 3. The minimum absolute atomic E-state index is 0.167. The molecule has 0 unspecified atom stereocenters. The van der Waals surface area contributed by atoms with E-state index in [1.54, 1.807) is 13.8 Å². The third kappa shape index (κ3) is 17.5. The van der Waals surface area contributed by atoms with Gasteiger partial charge in [0.15, 0.2) is 0 Å². The van der Waals surface area contributed by atoms with Gasteiger partial charge < -0.3 is 10.0 Å². The van der Waals surface area contributed by atoms with Gasteiger partial charge in [-0.2, -0.15) is 0 Å². The normalized spacial score (nSPS) is 9.39. The van der Waals surface area contributed by atoms with Crippen LogP contribution in [0.3, 0.4) is 0 Å². The van der Waals surface area contributed by atoms with Crippen molar-refractivity contribution in [3.05, 3.63) is 35.9 Å². The fourth-order valence-electron chi connectivity index (χ4n) is 1.21. The summed E-state index contributed by atoms with van der Waals surface area (Å²) in [6.45, 7) is 15.7. The summed E-state index contributed by atoms with van der Waals surface area (Å²) >= 11 is 0. The van der Waals surface area contributed by atoms with E-state index in [2.05, 4.69) is 44.7 Å². The molecule has 1 aromatic carbocycles. The van der Waals surface area contributed by atoms with Crippen LogP contribution in [0.5, 0.6) is 0 Å². The highest BCUT2D eigenvalue weighted by Crippen LogP contribution is 1.92. The van der Waals surface area contributed by atoms with Crippen LogP contribution in [0.15, 0.2) is 30.3 Å². The Morgan fingerprint density at radius 3 is 1.39 bits per heavy atom. The van der Waals surface area contributed by atoms with Gasteiger partial charge in [0.05, 0.1) is 0 Å². The Kier molecular flexibility index (Phi) is 15.4. The fourth-order valence-corrected chi connectivity index (χ4v) is 1.21. The van der Waals surface area contributed by atoms with E-state index in [0.29, 0.717) is 0 Å². The minimum atomic E-state index is -0.167. The van der Waals surface area contributed by atoms with Gasteiger partial charge in [0.1, 0.15) is 0 Å². The van der Waals surface area contributed by atoms with E-state index in [-0.39, 0.29) is 6.10 Å². The van der Waals surface area contributed by atoms with E-state index in [9.17, 15) is 0 Å². The number of aliphatic hydroxyl groups is 1. The first-order valence-electron chi connectivity index (χ1n) is 6.89. The molecule has 0 aliphatic rings. The molecule has 2 nitrogen and oxygen atoms in total. The van der Waals surface area contributed by atoms with Gasteiger partial charge in [-0.3, -0.25) is 0 Å². The molecule has 1 aromatic rings. The predicted molar refractivity (Wildman–Crippen MR) is 82.0 cm³/mol. The third-order valence-electron chi connectivity index (χ3n) is 2.28. The summed E-state index contributed by atoms with van der Waals surface area (Å²) < 4.78 is 0. The first-order chi connectivity index (χ1) is 8.47. The molecular formula is C16H31NO. The first kappa shape index (κ1) is 19.5. The Morgan fingerprint density at radius 1 is 0.944 bits per heavy atom. The maximum absolute atomic E-state index is 8.06. The van der Waals surface area contributed by atoms with Crippen LogP contribution in [0.1, 0.15) is 40.2 Å². The Morgan fingerprint density at radius 2 is 1.28 bits per heavy atom. The van der Waals surface area contributed by atoms with Crippen molar-refractivity contribution in [2.45, 2.75) is 47.6 Å². The fraction of sp³-hybridized carbons (Fsp3) is 0.625. The van der Waals surface area contributed by atoms with Gasteiger partial charge in [0, 0.05) is 6.10 Å². The van der Waals surface area contributed by atoms with Crippen LogP contribution in [-0.4, -0.2) is 35.7 Å². The SMILES string of the molecule is CC(C)O.CCN(CC)CC.Cc1ccccc1. The van der Waals surface area contributed by atoms with Crippen molar-refractivity contribution in [1.82, 2.24) is 4.90 Å². The van der Waals surface area contributed by atoms with Gasteiger partial charge in [-0.1, -0.05) is 56.7 Å². The number of nitrogens with zero attached hydrogens (tertiary/aromatic N) is 1. The van der Waals surface area contributed by atoms with E-state index >= 15 is 0 Å². The van der Waals surface area contributed by atoms with Gasteiger partial charge in [-0.05, 0) is 40.4 Å². The van der Waals surface area contributed by atoms with Crippen LogP contribution in [0.25, 0.3) is 0 Å². The van der Waals surface area contributed by atoms with Crippen LogP contribution < -0.4 is 0 Å². The first-order valence-corrected chi connectivity index (χ1v) is 6.89. The van der Waals surface area contributed by atoms with E-state index in [1.807, 2.05) is 18.2 Å². The lowest BCUT2D eigenvalue weighted by molar-refractivity contribution is 0.216. The van der Waals surface area contributed by atoms with E-state index in [0.717, 1.165) is 0 Å². The van der Waals surface area contributed by atoms with Gasteiger partial charge in [-0.15, -0.1) is 0 Å². The molecule has 0 aromatic heterocycles. The van der Waals surface area contributed by atoms with Crippen LogP contribution in [0.2, 0.25) is 0 Å². The van der Waals surface area contributed by atoms with Crippen molar-refractivity contribution in [2.75, 3.05) is 19.6 Å². The Labute approximate surface area is 114 Å². The van der Waals surface area contributed by atoms with E-state index < -0.39 is 0 Å². The van der Waals surface area contributed by atoms with Crippen LogP contribution >= 0.6 is 0 Å². The molecule has 0 amide bonds. The summed E-state index contributed by atoms with van der Waals surface area (Å²) in [4.78, 5) is 2.38. The second-order valence-corrected chi connectivity index (χ2v) is 4.37. The lowest BCUT2D eigenvalue weighted by atomic mass is 10.2. The molecular weight excluding hydrogens is 222 g/mol. The molecule has 0 heterocycles. The lowest BCUT2D eigenvalue weighted by Crippen LogP contribution is -2.21. The summed E-state index contributed by atoms with van der Waals surface area (Å²) in [6, 6.07) is 10.3. The number of aryl methyl sites for hydroxylation is 1. The van der Waals surface area contributed by atoms with Crippen molar-refractivity contribution >= 4 is 0 Å². The van der Waals surface area contributed by atoms with Crippen LogP contribution in [-0.2, 0) is 0 Å². The Bertz CT molecular complexity index is 234. The van der Waals surface area contributed by atoms with Crippen molar-refractivity contribution in [3.63, 3.8) is 0 Å². The molecule has 0 aliphatic carbocycles. The lowest BCUT2D eigenvalue weighted by Gasteiger charge is -2.13. The summed E-state index contributed by atoms with van der Waals surface area (Å²) in [5.74, 6) is 0. The zero-order valence-electron chi connectivity index (χ0n) is 13.0. The highest BCUT2D eigenvalue weighted by molar-refractivity contribution is 5.11. The third-order valence-corrected chi connectivity index (χ3v) is 2.28. The number of aliphatic hydroxyl groups excluding tert-OH is 1. The number of hydrogen-bond acceptors (Lipinski definition) is 2. The van der Waals surface area contributed by atoms with Crippen molar-refractivity contribution in [2.24, 2.45) is 0 Å². The summed E-state index contributed by atoms with van der Waals surface area (Å²) in [5.41, 5.74) is 1.32. The summed E-state index contributed by atoms with van der Waals surface area (Å²) in [7, 11) is 0. The zero-order chi connectivity index (χ0) is 14.4. The van der Waals surface area contributed by atoms with Crippen molar-refractivity contribution < 1.29 is 5.11 Å². The molecule has 106 valence electrons. The molecule has 0 radical (unpaired) electrons. The van der Waals surface area contributed by atoms with Gasteiger partial charge in [0.2, 0.25) is 0 Å². The van der Waals surface area contributed by atoms with Gasteiger partial charge >= 0.3 is 0 Å². The Balaban J connectivity index is 0. The molecule has 0 spiro atoms. The number of benzene rings is 1. The molecule has 0 fully saturated rings. The standard InChI is InChI=1S/C7H8.C6H15N.C3H8O/c1-7-5-3-2-4-6-7;1-4-7(5-2)6-3;1-3(2)4/h2-6H,1H3;4-6H2,1-3H3;3-4H,1-2H3. The van der Waals surface area contributed by atoms with Gasteiger partial charge in [-0.25, -0.2) is 0 Å². The Hall–Kier alpha value is -0.860. The second kappa shape index (κ2) is 14.2. The monoisotopic (exact) mass is 253 g/mol. The second-order valence-electron chi connectivity index (χ2n) is 4.37. The highest BCUT2D eigenvalue weighted by Gasteiger charge is 1.89. The molecule has 0 atom stereocenters. The topological polar surface area (TPSA) is 23.5 Å². The summed E-state index contributed by atoms with van der Waals surface area (Å²) in [5, 5.41) is 8.06.